The Morgan fingerprint density at radius 3 is 2.56 bits per heavy atom. The quantitative estimate of drug-likeness (QED) is 0.681. The zero-order chi connectivity index (χ0) is 16.8. The summed E-state index contributed by atoms with van der Waals surface area (Å²) >= 11 is 0. The van der Waals surface area contributed by atoms with E-state index < -0.39 is 0 Å². The molecule has 0 aliphatic heterocycles. The average molecular weight is 359 g/mol. The van der Waals surface area contributed by atoms with Crippen molar-refractivity contribution in [3.05, 3.63) is 60.2 Å². The van der Waals surface area contributed by atoms with E-state index >= 15 is 0 Å². The molecule has 6 heteroatoms. The third-order valence-corrected chi connectivity index (χ3v) is 3.93. The Morgan fingerprint density at radius 2 is 1.80 bits per heavy atom. The molecular weight excluding hydrogens is 336 g/mol. The summed E-state index contributed by atoms with van der Waals surface area (Å²) in [5.74, 6) is 0.529. The summed E-state index contributed by atoms with van der Waals surface area (Å²) in [6, 6.07) is 18.4. The molecule has 25 heavy (non-hydrogen) atoms. The predicted molar refractivity (Wildman–Crippen MR) is 104 cm³/mol. The maximum absolute atomic E-state index is 11.9. The normalized spacial score (nSPS) is 10.4. The van der Waals surface area contributed by atoms with Crippen molar-refractivity contribution in [1.82, 2.24) is 14.9 Å². The highest BCUT2D eigenvalue weighted by Crippen LogP contribution is 2.20. The number of aromatic nitrogens is 2. The molecule has 0 atom stereocenters. The van der Waals surface area contributed by atoms with Crippen molar-refractivity contribution in [3.63, 3.8) is 0 Å². The Kier molecular flexibility index (Phi) is 6.98. The van der Waals surface area contributed by atoms with Crippen LogP contribution in [0.25, 0.3) is 11.0 Å². The van der Waals surface area contributed by atoms with Crippen molar-refractivity contribution in [2.75, 3.05) is 18.9 Å². The number of hydrogen-bond acceptors (Lipinski definition) is 3. The molecule has 0 spiro atoms. The second kappa shape index (κ2) is 9.20. The maximum atomic E-state index is 11.9. The van der Waals surface area contributed by atoms with Crippen LogP contribution in [0.3, 0.4) is 0 Å². The Morgan fingerprint density at radius 1 is 1.08 bits per heavy atom. The molecule has 0 saturated carbocycles. The minimum absolute atomic E-state index is 0. The van der Waals surface area contributed by atoms with Crippen LogP contribution < -0.4 is 10.6 Å². The Balaban J connectivity index is 0.00000225. The second-order valence-corrected chi connectivity index (χ2v) is 5.74. The lowest BCUT2D eigenvalue weighted by atomic mass is 10.1. The van der Waals surface area contributed by atoms with E-state index in [1.54, 1.807) is 7.05 Å². The van der Waals surface area contributed by atoms with E-state index in [0.29, 0.717) is 5.95 Å². The number of anilines is 1. The summed E-state index contributed by atoms with van der Waals surface area (Å²) in [6.07, 6.45) is 1.98. The molecule has 0 bridgehead atoms. The monoisotopic (exact) mass is 358 g/mol. The first-order chi connectivity index (χ1) is 11.8. The highest BCUT2D eigenvalue weighted by molar-refractivity contribution is 5.92. The summed E-state index contributed by atoms with van der Waals surface area (Å²) in [7, 11) is 1.75. The van der Waals surface area contributed by atoms with Crippen LogP contribution in [0, 0.1) is 0 Å². The van der Waals surface area contributed by atoms with Gasteiger partial charge in [-0.15, -0.1) is 12.4 Å². The third kappa shape index (κ3) is 4.81. The minimum atomic E-state index is -0.0860. The van der Waals surface area contributed by atoms with Gasteiger partial charge in [0.1, 0.15) is 0 Å². The van der Waals surface area contributed by atoms with Gasteiger partial charge in [-0.2, -0.15) is 0 Å². The van der Waals surface area contributed by atoms with Crippen LogP contribution in [0.15, 0.2) is 54.6 Å². The number of aryl methyl sites for hydroxylation is 2. The molecule has 2 aromatic carbocycles. The van der Waals surface area contributed by atoms with Crippen LogP contribution in [0.1, 0.15) is 12.0 Å². The number of amides is 1. The fourth-order valence-corrected chi connectivity index (χ4v) is 2.81. The van der Waals surface area contributed by atoms with Crippen LogP contribution in [-0.4, -0.2) is 29.1 Å². The van der Waals surface area contributed by atoms with Gasteiger partial charge in [0.15, 0.2) is 0 Å². The van der Waals surface area contributed by atoms with Gasteiger partial charge in [-0.25, -0.2) is 4.98 Å². The van der Waals surface area contributed by atoms with Gasteiger partial charge in [0.25, 0.3) is 0 Å². The number of para-hydroxylation sites is 2. The zero-order valence-corrected chi connectivity index (χ0v) is 15.1. The second-order valence-electron chi connectivity index (χ2n) is 5.74. The van der Waals surface area contributed by atoms with Crippen molar-refractivity contribution in [2.24, 2.45) is 0 Å². The minimum Gasteiger partial charge on any atom is -0.311 e. The van der Waals surface area contributed by atoms with Gasteiger partial charge in [-0.3, -0.25) is 10.1 Å². The number of carbonyl (C=O) groups is 1. The van der Waals surface area contributed by atoms with Gasteiger partial charge in [0.05, 0.1) is 17.6 Å². The molecule has 1 aromatic heterocycles. The first kappa shape index (κ1) is 19.0. The van der Waals surface area contributed by atoms with E-state index in [1.807, 2.05) is 30.3 Å². The van der Waals surface area contributed by atoms with Crippen LogP contribution in [0.5, 0.6) is 0 Å². The number of rotatable bonds is 7. The highest BCUT2D eigenvalue weighted by atomic mass is 35.5. The molecule has 0 radical (unpaired) electrons. The fraction of sp³-hybridized carbons (Fsp3) is 0.263. The fourth-order valence-electron chi connectivity index (χ4n) is 2.81. The largest absolute Gasteiger partial charge is 0.311 e. The first-order valence-corrected chi connectivity index (χ1v) is 8.21. The van der Waals surface area contributed by atoms with Crippen LogP contribution in [0.4, 0.5) is 5.95 Å². The van der Waals surface area contributed by atoms with E-state index in [0.717, 1.165) is 30.4 Å². The summed E-state index contributed by atoms with van der Waals surface area (Å²) in [4.78, 5) is 16.5. The zero-order valence-electron chi connectivity index (χ0n) is 14.2. The molecule has 3 rings (SSSR count). The van der Waals surface area contributed by atoms with Gasteiger partial charge in [0.2, 0.25) is 11.9 Å². The van der Waals surface area contributed by atoms with Crippen LogP contribution in [0.2, 0.25) is 0 Å². The molecule has 0 aliphatic rings. The van der Waals surface area contributed by atoms with Crippen molar-refractivity contribution in [2.45, 2.75) is 19.4 Å². The summed E-state index contributed by atoms with van der Waals surface area (Å²) in [5, 5.41) is 5.76. The third-order valence-electron chi connectivity index (χ3n) is 3.93. The van der Waals surface area contributed by atoms with Gasteiger partial charge >= 0.3 is 0 Å². The average Bonchev–Trinajstić information content (AvgIpc) is 2.93. The summed E-state index contributed by atoms with van der Waals surface area (Å²) < 4.78 is 2.09. The first-order valence-electron chi connectivity index (χ1n) is 8.21. The number of imidazole rings is 1. The summed E-state index contributed by atoms with van der Waals surface area (Å²) in [5.41, 5.74) is 3.27. The Labute approximate surface area is 153 Å². The molecule has 1 heterocycles. The number of nitrogens with zero attached hydrogens (tertiary/aromatic N) is 2. The van der Waals surface area contributed by atoms with E-state index in [9.17, 15) is 4.79 Å². The molecule has 132 valence electrons. The molecule has 0 unspecified atom stereocenters. The molecule has 0 aliphatic carbocycles. The number of hydrogen-bond donors (Lipinski definition) is 2. The topological polar surface area (TPSA) is 59.0 Å². The lowest BCUT2D eigenvalue weighted by Gasteiger charge is -2.10. The summed E-state index contributed by atoms with van der Waals surface area (Å²) in [6.45, 7) is 1.08. The van der Waals surface area contributed by atoms with Crippen LogP contribution in [-0.2, 0) is 17.8 Å². The molecule has 0 fully saturated rings. The van der Waals surface area contributed by atoms with Crippen molar-refractivity contribution in [1.29, 1.82) is 0 Å². The van der Waals surface area contributed by atoms with Crippen LogP contribution >= 0.6 is 12.4 Å². The molecule has 2 N–H and O–H groups in total. The van der Waals surface area contributed by atoms with E-state index in [4.69, 9.17) is 0 Å². The lowest BCUT2D eigenvalue weighted by Crippen LogP contribution is -2.26. The van der Waals surface area contributed by atoms with Gasteiger partial charge < -0.3 is 9.88 Å². The molecule has 5 nitrogen and oxygen atoms in total. The molecular formula is C19H23ClN4O. The number of fused-ring (bicyclic) bond motifs is 1. The molecule has 0 saturated heterocycles. The van der Waals surface area contributed by atoms with E-state index in [1.165, 1.54) is 5.56 Å². The molecule has 1 amide bonds. The number of halogens is 1. The van der Waals surface area contributed by atoms with Crippen molar-refractivity contribution >= 4 is 35.3 Å². The highest BCUT2D eigenvalue weighted by Gasteiger charge is 2.12. The smallest absolute Gasteiger partial charge is 0.240 e. The maximum Gasteiger partial charge on any atom is 0.240 e. The van der Waals surface area contributed by atoms with Gasteiger partial charge in [0, 0.05) is 6.54 Å². The van der Waals surface area contributed by atoms with E-state index in [-0.39, 0.29) is 24.9 Å². The number of likely N-dealkylation sites (N-methyl/N-ethyl adjacent to an activating group) is 1. The van der Waals surface area contributed by atoms with E-state index in [2.05, 4.69) is 44.5 Å². The Hall–Kier alpha value is -2.37. The van der Waals surface area contributed by atoms with Crippen molar-refractivity contribution < 1.29 is 4.79 Å². The SMILES string of the molecule is CNCC(=O)Nc1nc2ccccc2n1CCCc1ccccc1.Cl. The Bertz CT molecular complexity index is 817. The molecule has 3 aromatic rings. The number of carbonyl (C=O) groups excluding carboxylic acids is 1. The lowest BCUT2D eigenvalue weighted by molar-refractivity contribution is -0.115. The predicted octanol–water partition coefficient (Wildman–Crippen LogP) is 3.25. The standard InChI is InChI=1S/C19H22N4O.ClH/c1-20-14-18(24)22-19-21-16-11-5-6-12-17(16)23(19)13-7-10-15-8-3-2-4-9-15;/h2-6,8-9,11-12,20H,7,10,13-14H2,1H3,(H,21,22,24);1H. The van der Waals surface area contributed by atoms with Gasteiger partial charge in [-0.1, -0.05) is 42.5 Å². The number of nitrogens with one attached hydrogen (secondary N) is 2. The number of benzene rings is 2. The van der Waals surface area contributed by atoms with Crippen molar-refractivity contribution in [3.8, 4) is 0 Å². The van der Waals surface area contributed by atoms with Gasteiger partial charge in [-0.05, 0) is 37.6 Å².